The van der Waals surface area contributed by atoms with Crippen molar-refractivity contribution in [2.24, 2.45) is 0 Å². The number of sulfonamides is 1. The molecule has 0 saturated heterocycles. The molecule has 11 heteroatoms. The molecule has 1 fully saturated rings. The summed E-state index contributed by atoms with van der Waals surface area (Å²) in [4.78, 5) is 30.3. The van der Waals surface area contributed by atoms with E-state index in [9.17, 15) is 18.0 Å². The van der Waals surface area contributed by atoms with Gasteiger partial charge >= 0.3 is 6.09 Å². The van der Waals surface area contributed by atoms with Crippen LogP contribution in [0.2, 0.25) is 0 Å². The van der Waals surface area contributed by atoms with E-state index < -0.39 is 15.6 Å². The van der Waals surface area contributed by atoms with Crippen LogP contribution in [0.5, 0.6) is 0 Å². The molecule has 43 heavy (non-hydrogen) atoms. The molecule has 3 aromatic rings. The van der Waals surface area contributed by atoms with Crippen LogP contribution in [0.25, 0.3) is 10.4 Å². The van der Waals surface area contributed by atoms with Crippen LogP contribution in [0.4, 0.5) is 4.79 Å². The number of carbonyl (C=O) groups is 2. The summed E-state index contributed by atoms with van der Waals surface area (Å²) in [5, 5.41) is 6.81. The summed E-state index contributed by atoms with van der Waals surface area (Å²) in [7, 11) is -3.91. The minimum Gasteiger partial charge on any atom is -0.447 e. The van der Waals surface area contributed by atoms with Gasteiger partial charge in [-0.3, -0.25) is 4.79 Å². The molecule has 1 aliphatic carbocycles. The Morgan fingerprint density at radius 2 is 1.72 bits per heavy atom. The molecule has 1 heterocycles. The Morgan fingerprint density at radius 1 is 1.02 bits per heavy atom. The molecule has 2 aromatic carbocycles. The molecule has 0 spiro atoms. The number of carbonyl (C=O) groups excluding carboxylic acids is 2. The normalized spacial score (nSPS) is 17.4. The van der Waals surface area contributed by atoms with Gasteiger partial charge in [0.05, 0.1) is 27.3 Å². The van der Waals surface area contributed by atoms with Gasteiger partial charge in [0.1, 0.15) is 0 Å². The maximum Gasteiger partial charge on any atom is 0.407 e. The average molecular weight is 627 g/mol. The van der Waals surface area contributed by atoms with Crippen molar-refractivity contribution in [1.29, 1.82) is 0 Å². The third-order valence-electron chi connectivity index (χ3n) is 7.00. The molecule has 0 bridgehead atoms. The predicted molar refractivity (Wildman–Crippen MR) is 169 cm³/mol. The third kappa shape index (κ3) is 9.61. The number of benzene rings is 2. The summed E-state index contributed by atoms with van der Waals surface area (Å²) in [5.74, 6) is 0.0460. The standard InChI is InChI=1S/C32H42N4O5S2/c1-21(2)41-31(38)35-25-14-12-24(13-15-25)30-34-20-27(42-30)26-16-11-23(17-28(26)43(39,40)36-32(3,4)5)18-29(37)33-19-22-9-7-6-8-10-22/h6-11,16-17,20-21,24-25,36H,12-15,18-19H2,1-5H3,(H,33,37)(H,35,38)/t24-,25-. The molecule has 232 valence electrons. The second-order valence-corrected chi connectivity index (χ2v) is 15.0. The van der Waals surface area contributed by atoms with Crippen LogP contribution >= 0.6 is 11.3 Å². The van der Waals surface area contributed by atoms with Crippen molar-refractivity contribution >= 4 is 33.4 Å². The molecule has 1 saturated carbocycles. The van der Waals surface area contributed by atoms with E-state index in [0.29, 0.717) is 17.7 Å². The Labute approximate surface area is 258 Å². The highest BCUT2D eigenvalue weighted by Gasteiger charge is 2.29. The first-order valence-corrected chi connectivity index (χ1v) is 17.0. The number of nitrogens with one attached hydrogen (secondary N) is 3. The fourth-order valence-electron chi connectivity index (χ4n) is 5.11. The van der Waals surface area contributed by atoms with Gasteiger partial charge in [0, 0.05) is 35.8 Å². The number of rotatable bonds is 10. The zero-order valence-corrected chi connectivity index (χ0v) is 27.1. The summed E-state index contributed by atoms with van der Waals surface area (Å²) >= 11 is 1.50. The fraction of sp³-hybridized carbons (Fsp3) is 0.469. The third-order valence-corrected chi connectivity index (χ3v) is 9.99. The lowest BCUT2D eigenvalue weighted by molar-refractivity contribution is -0.120. The zero-order chi connectivity index (χ0) is 31.2. The number of amides is 2. The minimum atomic E-state index is -3.91. The van der Waals surface area contributed by atoms with Gasteiger partial charge in [-0.05, 0) is 77.5 Å². The maximum absolute atomic E-state index is 13.6. The van der Waals surface area contributed by atoms with E-state index in [1.165, 1.54) is 11.3 Å². The lowest BCUT2D eigenvalue weighted by Crippen LogP contribution is -2.40. The lowest BCUT2D eigenvalue weighted by Gasteiger charge is -2.28. The number of ether oxygens (including phenoxy) is 1. The lowest BCUT2D eigenvalue weighted by atomic mass is 9.86. The molecule has 0 aliphatic heterocycles. The number of hydrogen-bond donors (Lipinski definition) is 3. The summed E-state index contributed by atoms with van der Waals surface area (Å²) in [6.07, 6.45) is 4.63. The Kier molecular flexibility index (Phi) is 10.6. The Hall–Kier alpha value is -3.28. The Bertz CT molecular complexity index is 1510. The molecule has 1 aliphatic rings. The van der Waals surface area contributed by atoms with Crippen LogP contribution in [0, 0.1) is 0 Å². The Balaban J connectivity index is 1.50. The largest absolute Gasteiger partial charge is 0.447 e. The molecule has 0 radical (unpaired) electrons. The van der Waals surface area contributed by atoms with E-state index in [-0.39, 0.29) is 41.4 Å². The first-order valence-electron chi connectivity index (χ1n) is 14.7. The fourth-order valence-corrected chi connectivity index (χ4v) is 7.99. The van der Waals surface area contributed by atoms with Crippen molar-refractivity contribution in [2.45, 2.75) is 102 Å². The molecular weight excluding hydrogens is 585 g/mol. The van der Waals surface area contributed by atoms with Gasteiger partial charge in [0.2, 0.25) is 15.9 Å². The van der Waals surface area contributed by atoms with E-state index >= 15 is 0 Å². The van der Waals surface area contributed by atoms with Gasteiger partial charge < -0.3 is 15.4 Å². The SMILES string of the molecule is CC(C)OC(=O)N[C@H]1CC[C@H](c2ncc(-c3ccc(CC(=O)NCc4ccccc4)cc3S(=O)(=O)NC(C)(C)C)s2)CC1. The molecule has 9 nitrogen and oxygen atoms in total. The maximum atomic E-state index is 13.6. The van der Waals surface area contributed by atoms with Crippen molar-refractivity contribution in [3.8, 4) is 10.4 Å². The molecule has 3 N–H and O–H groups in total. The van der Waals surface area contributed by atoms with E-state index in [2.05, 4.69) is 15.4 Å². The van der Waals surface area contributed by atoms with Gasteiger partial charge in [-0.2, -0.15) is 0 Å². The average Bonchev–Trinajstić information content (AvgIpc) is 3.41. The van der Waals surface area contributed by atoms with Gasteiger partial charge in [-0.1, -0.05) is 42.5 Å². The molecular formula is C32H42N4O5S2. The summed E-state index contributed by atoms with van der Waals surface area (Å²) in [6.45, 7) is 9.43. The number of nitrogens with zero attached hydrogens (tertiary/aromatic N) is 1. The second kappa shape index (κ2) is 14.0. The van der Waals surface area contributed by atoms with Crippen molar-refractivity contribution in [3.63, 3.8) is 0 Å². The van der Waals surface area contributed by atoms with Crippen LogP contribution in [0.1, 0.15) is 82.4 Å². The van der Waals surface area contributed by atoms with E-state index in [1.807, 2.05) is 44.2 Å². The number of hydrogen-bond acceptors (Lipinski definition) is 7. The number of aromatic nitrogens is 1. The number of thiazole rings is 1. The van der Waals surface area contributed by atoms with Gasteiger partial charge in [-0.25, -0.2) is 22.9 Å². The Morgan fingerprint density at radius 3 is 2.37 bits per heavy atom. The second-order valence-electron chi connectivity index (χ2n) is 12.3. The summed E-state index contributed by atoms with van der Waals surface area (Å²) in [5.41, 5.74) is 1.46. The quantitative estimate of drug-likeness (QED) is 0.257. The van der Waals surface area contributed by atoms with Gasteiger partial charge in [-0.15, -0.1) is 11.3 Å². The van der Waals surface area contributed by atoms with Crippen molar-refractivity contribution in [1.82, 2.24) is 20.3 Å². The van der Waals surface area contributed by atoms with Gasteiger partial charge in [0.25, 0.3) is 0 Å². The predicted octanol–water partition coefficient (Wildman–Crippen LogP) is 5.91. The van der Waals surface area contributed by atoms with E-state index in [0.717, 1.165) is 41.1 Å². The smallest absolute Gasteiger partial charge is 0.407 e. The molecule has 0 atom stereocenters. The summed E-state index contributed by atoms with van der Waals surface area (Å²) in [6, 6.07) is 14.9. The topological polar surface area (TPSA) is 126 Å². The van der Waals surface area contributed by atoms with E-state index in [4.69, 9.17) is 9.72 Å². The van der Waals surface area contributed by atoms with Gasteiger partial charge in [0.15, 0.2) is 0 Å². The molecule has 4 rings (SSSR count). The van der Waals surface area contributed by atoms with Crippen LogP contribution in [-0.4, -0.2) is 43.1 Å². The molecule has 2 amide bonds. The molecule has 1 aromatic heterocycles. The number of alkyl carbamates (subject to hydrolysis) is 1. The first kappa shape index (κ1) is 32.6. The monoisotopic (exact) mass is 626 g/mol. The highest BCUT2D eigenvalue weighted by molar-refractivity contribution is 7.89. The van der Waals surface area contributed by atoms with Crippen LogP contribution < -0.4 is 15.4 Å². The summed E-state index contributed by atoms with van der Waals surface area (Å²) < 4.78 is 35.2. The minimum absolute atomic E-state index is 0.0566. The highest BCUT2D eigenvalue weighted by atomic mass is 32.2. The van der Waals surface area contributed by atoms with Crippen LogP contribution in [0.3, 0.4) is 0 Å². The molecule has 0 unspecified atom stereocenters. The van der Waals surface area contributed by atoms with Crippen molar-refractivity contribution in [2.75, 3.05) is 0 Å². The van der Waals surface area contributed by atoms with Crippen molar-refractivity contribution in [3.05, 3.63) is 70.9 Å². The highest BCUT2D eigenvalue weighted by Crippen LogP contribution is 2.39. The zero-order valence-electron chi connectivity index (χ0n) is 25.5. The van der Waals surface area contributed by atoms with E-state index in [1.54, 1.807) is 45.2 Å². The van der Waals surface area contributed by atoms with Crippen molar-refractivity contribution < 1.29 is 22.7 Å². The van der Waals surface area contributed by atoms with Crippen LogP contribution in [0.15, 0.2) is 59.6 Å². The van der Waals surface area contributed by atoms with Crippen LogP contribution in [-0.2, 0) is 32.5 Å². The first-order chi connectivity index (χ1) is 20.3.